The summed E-state index contributed by atoms with van der Waals surface area (Å²) in [5.74, 6) is -1.02. The summed E-state index contributed by atoms with van der Waals surface area (Å²) in [7, 11) is 0. The molecule has 0 spiro atoms. The Morgan fingerprint density at radius 3 is 2.82 bits per heavy atom. The van der Waals surface area contributed by atoms with Crippen molar-refractivity contribution in [3.8, 4) is 0 Å². The second-order valence-electron chi connectivity index (χ2n) is 3.88. The lowest BCUT2D eigenvalue weighted by Crippen LogP contribution is -2.28. The van der Waals surface area contributed by atoms with Crippen LogP contribution in [0.3, 0.4) is 0 Å². The fourth-order valence-electron chi connectivity index (χ4n) is 1.83. The zero-order chi connectivity index (χ0) is 12.6. The molecule has 4 nitrogen and oxygen atoms in total. The molecule has 1 aliphatic heterocycles. The first-order chi connectivity index (χ1) is 8.00. The second-order valence-corrected chi connectivity index (χ2v) is 5.11. The van der Waals surface area contributed by atoms with Gasteiger partial charge in [-0.05, 0) is 28.1 Å². The molecule has 0 aliphatic carbocycles. The molecule has 0 aromatic heterocycles. The van der Waals surface area contributed by atoms with E-state index in [2.05, 4.69) is 15.9 Å². The summed E-state index contributed by atoms with van der Waals surface area (Å²) in [4.78, 5) is 24.4. The van der Waals surface area contributed by atoms with E-state index in [0.29, 0.717) is 21.7 Å². The van der Waals surface area contributed by atoms with E-state index in [9.17, 15) is 9.59 Å². The van der Waals surface area contributed by atoms with E-state index < -0.39 is 11.8 Å². The Morgan fingerprint density at radius 1 is 1.53 bits per heavy atom. The summed E-state index contributed by atoms with van der Waals surface area (Å²) >= 11 is 9.40. The number of amides is 2. The lowest BCUT2D eigenvalue weighted by molar-refractivity contribution is -0.123. The number of primary amides is 1. The number of nitrogens with two attached hydrogens (primary N) is 1. The molecular formula is C11H10BrClN2O2. The highest BCUT2D eigenvalue weighted by atomic mass is 79.9. The quantitative estimate of drug-likeness (QED) is 0.906. The van der Waals surface area contributed by atoms with Gasteiger partial charge in [-0.1, -0.05) is 17.7 Å². The van der Waals surface area contributed by atoms with Crippen molar-refractivity contribution in [1.82, 2.24) is 0 Å². The predicted octanol–water partition coefficient (Wildman–Crippen LogP) is 1.94. The van der Waals surface area contributed by atoms with Gasteiger partial charge >= 0.3 is 0 Å². The Kier molecular flexibility index (Phi) is 3.40. The molecule has 17 heavy (non-hydrogen) atoms. The van der Waals surface area contributed by atoms with E-state index in [-0.39, 0.29) is 12.3 Å². The highest BCUT2D eigenvalue weighted by Crippen LogP contribution is 2.35. The molecule has 2 rings (SSSR count). The maximum Gasteiger partial charge on any atom is 0.227 e. The van der Waals surface area contributed by atoms with Crippen molar-refractivity contribution in [2.24, 2.45) is 11.7 Å². The van der Waals surface area contributed by atoms with Gasteiger partial charge in [-0.15, -0.1) is 0 Å². The molecule has 1 aliphatic rings. The first-order valence-corrected chi connectivity index (χ1v) is 6.21. The number of benzene rings is 1. The molecule has 1 fully saturated rings. The molecule has 0 radical (unpaired) electrons. The van der Waals surface area contributed by atoms with E-state index in [1.165, 1.54) is 4.90 Å². The van der Waals surface area contributed by atoms with E-state index in [1.807, 2.05) is 0 Å². The minimum Gasteiger partial charge on any atom is -0.369 e. The van der Waals surface area contributed by atoms with Crippen LogP contribution in [-0.2, 0) is 9.59 Å². The number of anilines is 1. The first-order valence-electron chi connectivity index (χ1n) is 5.04. The van der Waals surface area contributed by atoms with Gasteiger partial charge in [-0.25, -0.2) is 0 Å². The van der Waals surface area contributed by atoms with Crippen molar-refractivity contribution in [3.05, 3.63) is 27.7 Å². The number of carbonyl (C=O) groups is 2. The number of hydrogen-bond donors (Lipinski definition) is 1. The van der Waals surface area contributed by atoms with Crippen molar-refractivity contribution >= 4 is 45.0 Å². The second kappa shape index (κ2) is 4.66. The van der Waals surface area contributed by atoms with Crippen molar-refractivity contribution in [2.45, 2.75) is 6.42 Å². The minimum atomic E-state index is -0.452. The zero-order valence-electron chi connectivity index (χ0n) is 8.82. The summed E-state index contributed by atoms with van der Waals surface area (Å²) in [5, 5.41) is 0.464. The van der Waals surface area contributed by atoms with Crippen LogP contribution in [0.5, 0.6) is 0 Å². The first kappa shape index (κ1) is 12.4. The van der Waals surface area contributed by atoms with Gasteiger partial charge < -0.3 is 10.6 Å². The number of rotatable bonds is 2. The fourth-order valence-corrected chi connectivity index (χ4v) is 2.42. The highest BCUT2D eigenvalue weighted by molar-refractivity contribution is 9.10. The standard InChI is InChI=1S/C11H10BrClN2O2/c12-7-2-1-3-8(10(7)13)15-5-6(11(14)17)4-9(15)16/h1-3,6H,4-5H2,(H2,14,17). The molecule has 1 heterocycles. The third-order valence-electron chi connectivity index (χ3n) is 2.75. The topological polar surface area (TPSA) is 63.4 Å². The molecule has 6 heteroatoms. The molecule has 1 aromatic rings. The van der Waals surface area contributed by atoms with Gasteiger partial charge in [-0.3, -0.25) is 9.59 Å². The van der Waals surface area contributed by atoms with E-state index in [0.717, 1.165) is 0 Å². The Bertz CT molecular complexity index is 492. The predicted molar refractivity (Wildman–Crippen MR) is 68.8 cm³/mol. The number of halogens is 2. The lowest BCUT2D eigenvalue weighted by Gasteiger charge is -2.18. The molecule has 1 atom stereocenters. The third-order valence-corrected chi connectivity index (χ3v) is 4.04. The highest BCUT2D eigenvalue weighted by Gasteiger charge is 2.34. The zero-order valence-corrected chi connectivity index (χ0v) is 11.2. The number of hydrogen-bond acceptors (Lipinski definition) is 2. The Balaban J connectivity index is 2.32. The van der Waals surface area contributed by atoms with Crippen LogP contribution in [0.15, 0.2) is 22.7 Å². The number of carbonyl (C=O) groups excluding carboxylic acids is 2. The molecule has 90 valence electrons. The fraction of sp³-hybridized carbons (Fsp3) is 0.273. The van der Waals surface area contributed by atoms with E-state index in [4.69, 9.17) is 17.3 Å². The van der Waals surface area contributed by atoms with Crippen molar-refractivity contribution in [1.29, 1.82) is 0 Å². The number of nitrogens with zero attached hydrogens (tertiary/aromatic N) is 1. The molecule has 1 saturated heterocycles. The van der Waals surface area contributed by atoms with Gasteiger partial charge in [0.1, 0.15) is 0 Å². The summed E-state index contributed by atoms with van der Waals surface area (Å²) < 4.78 is 0.715. The lowest BCUT2D eigenvalue weighted by atomic mass is 10.1. The largest absolute Gasteiger partial charge is 0.369 e. The molecule has 2 amide bonds. The summed E-state index contributed by atoms with van der Waals surface area (Å²) in [6, 6.07) is 5.32. The minimum absolute atomic E-state index is 0.131. The van der Waals surface area contributed by atoms with Gasteiger partial charge in [-0.2, -0.15) is 0 Å². The third kappa shape index (κ3) is 2.30. The van der Waals surface area contributed by atoms with Gasteiger partial charge in [0.05, 0.1) is 16.6 Å². The SMILES string of the molecule is NC(=O)C1CC(=O)N(c2cccc(Br)c2Cl)C1. The Morgan fingerprint density at radius 2 is 2.24 bits per heavy atom. The molecule has 1 unspecified atom stereocenters. The van der Waals surface area contributed by atoms with Gasteiger partial charge in [0.25, 0.3) is 0 Å². The summed E-state index contributed by atoms with van der Waals surface area (Å²) in [6.07, 6.45) is 0.151. The van der Waals surface area contributed by atoms with Gasteiger partial charge in [0.15, 0.2) is 0 Å². The van der Waals surface area contributed by atoms with Crippen LogP contribution >= 0.6 is 27.5 Å². The normalized spacial score (nSPS) is 19.8. The Labute approximate surface area is 112 Å². The van der Waals surface area contributed by atoms with Crippen LogP contribution in [0.25, 0.3) is 0 Å². The van der Waals surface area contributed by atoms with Crippen LogP contribution in [0.2, 0.25) is 5.02 Å². The molecule has 2 N–H and O–H groups in total. The van der Waals surface area contributed by atoms with E-state index in [1.54, 1.807) is 18.2 Å². The van der Waals surface area contributed by atoms with Crippen molar-refractivity contribution < 1.29 is 9.59 Å². The van der Waals surface area contributed by atoms with E-state index >= 15 is 0 Å². The maximum atomic E-state index is 11.8. The van der Waals surface area contributed by atoms with Crippen molar-refractivity contribution in [2.75, 3.05) is 11.4 Å². The van der Waals surface area contributed by atoms with Crippen LogP contribution in [-0.4, -0.2) is 18.4 Å². The molecule has 0 bridgehead atoms. The Hall–Kier alpha value is -1.07. The smallest absolute Gasteiger partial charge is 0.227 e. The van der Waals surface area contributed by atoms with Crippen LogP contribution in [0, 0.1) is 5.92 Å². The van der Waals surface area contributed by atoms with Crippen LogP contribution in [0.4, 0.5) is 5.69 Å². The van der Waals surface area contributed by atoms with Gasteiger partial charge in [0.2, 0.25) is 11.8 Å². The monoisotopic (exact) mass is 316 g/mol. The molecule has 1 aromatic carbocycles. The maximum absolute atomic E-state index is 11.8. The van der Waals surface area contributed by atoms with Crippen molar-refractivity contribution in [3.63, 3.8) is 0 Å². The average molecular weight is 318 g/mol. The summed E-state index contributed by atoms with van der Waals surface area (Å²) in [5.41, 5.74) is 5.81. The van der Waals surface area contributed by atoms with Crippen LogP contribution in [0.1, 0.15) is 6.42 Å². The van der Waals surface area contributed by atoms with Crippen LogP contribution < -0.4 is 10.6 Å². The van der Waals surface area contributed by atoms with Gasteiger partial charge in [0, 0.05) is 17.4 Å². The molecular weight excluding hydrogens is 307 g/mol. The molecule has 0 saturated carbocycles. The average Bonchev–Trinajstić information content (AvgIpc) is 2.65. The summed E-state index contributed by atoms with van der Waals surface area (Å²) in [6.45, 7) is 0.296.